The van der Waals surface area contributed by atoms with Crippen LogP contribution in [0.2, 0.25) is 0 Å². The topological polar surface area (TPSA) is 57.6 Å². The maximum absolute atomic E-state index is 12.3. The Hall–Kier alpha value is -1.66. The molecule has 6 heteroatoms. The molecule has 1 saturated heterocycles. The highest BCUT2D eigenvalue weighted by atomic mass is 16.2. The molecule has 1 aliphatic carbocycles. The summed E-state index contributed by atoms with van der Waals surface area (Å²) >= 11 is 0. The van der Waals surface area contributed by atoms with Crippen LogP contribution in [0.25, 0.3) is 0 Å². The Balaban J connectivity index is 1.59. The van der Waals surface area contributed by atoms with E-state index in [1.54, 1.807) is 18.3 Å². The van der Waals surface area contributed by atoms with Gasteiger partial charge in [-0.1, -0.05) is 18.9 Å². The lowest BCUT2D eigenvalue weighted by atomic mass is 9.93. The van der Waals surface area contributed by atoms with Crippen LogP contribution in [0, 0.1) is 0 Å². The molecule has 1 aromatic heterocycles. The normalized spacial score (nSPS) is 21.7. The van der Waals surface area contributed by atoms with Gasteiger partial charge in [-0.3, -0.25) is 14.5 Å². The fourth-order valence-corrected chi connectivity index (χ4v) is 3.98. The minimum atomic E-state index is -0.137. The first-order valence-electron chi connectivity index (χ1n) is 8.95. The highest BCUT2D eigenvalue weighted by Crippen LogP contribution is 2.35. The van der Waals surface area contributed by atoms with E-state index in [9.17, 15) is 9.59 Å². The predicted octanol–water partition coefficient (Wildman–Crippen LogP) is 0.525. The fraction of sp³-hybridized carbons (Fsp3) is 0.667. The maximum atomic E-state index is 12.3. The Morgan fingerprint density at radius 1 is 1.17 bits per heavy atom. The van der Waals surface area contributed by atoms with E-state index in [-0.39, 0.29) is 23.6 Å². The Morgan fingerprint density at radius 3 is 2.54 bits per heavy atom. The molecule has 6 nitrogen and oxygen atoms in total. The van der Waals surface area contributed by atoms with Gasteiger partial charge in [0.1, 0.15) is 6.54 Å². The summed E-state index contributed by atoms with van der Waals surface area (Å²) in [6.45, 7) is 5.12. The number of aromatic nitrogens is 1. The van der Waals surface area contributed by atoms with Gasteiger partial charge in [-0.05, 0) is 26.0 Å². The molecule has 1 saturated carbocycles. The molecule has 2 aliphatic rings. The molecule has 2 heterocycles. The maximum Gasteiger partial charge on any atom is 0.250 e. The lowest BCUT2D eigenvalue weighted by molar-refractivity contribution is -0.122. The van der Waals surface area contributed by atoms with Crippen LogP contribution in [0.4, 0.5) is 0 Å². The highest BCUT2D eigenvalue weighted by molar-refractivity contribution is 5.75. The molecule has 0 radical (unpaired) electrons. The standard InChI is InChI=1S/C18H28N4O2/c1-20-10-12-22(13-11-20)18(7-3-4-8-18)15-19-16(23)14-21-9-5-2-6-17(21)24/h2,5-6,9H,3-4,7-8,10-15H2,1H3,(H,19,23). The van der Waals surface area contributed by atoms with Crippen molar-refractivity contribution >= 4 is 5.91 Å². The fourth-order valence-electron chi connectivity index (χ4n) is 3.98. The van der Waals surface area contributed by atoms with E-state index in [2.05, 4.69) is 22.2 Å². The molecular formula is C18H28N4O2. The van der Waals surface area contributed by atoms with Crippen LogP contribution in [-0.4, -0.2) is 65.6 Å². The van der Waals surface area contributed by atoms with Gasteiger partial charge in [-0.25, -0.2) is 0 Å². The third-order valence-electron chi connectivity index (χ3n) is 5.54. The van der Waals surface area contributed by atoms with Crippen LogP contribution in [0.3, 0.4) is 0 Å². The number of likely N-dealkylation sites (N-methyl/N-ethyl adjacent to an activating group) is 1. The molecular weight excluding hydrogens is 304 g/mol. The second-order valence-corrected chi connectivity index (χ2v) is 7.17. The largest absolute Gasteiger partial charge is 0.353 e. The van der Waals surface area contributed by atoms with Crippen LogP contribution in [0.15, 0.2) is 29.2 Å². The van der Waals surface area contributed by atoms with Gasteiger partial charge in [0.2, 0.25) is 5.91 Å². The Kier molecular flexibility index (Phi) is 5.36. The van der Waals surface area contributed by atoms with Gasteiger partial charge >= 0.3 is 0 Å². The number of piperazine rings is 1. The number of hydrogen-bond donors (Lipinski definition) is 1. The molecule has 132 valence electrons. The Labute approximate surface area is 143 Å². The molecule has 3 rings (SSSR count). The summed E-state index contributed by atoms with van der Waals surface area (Å²) in [5, 5.41) is 3.10. The second kappa shape index (κ2) is 7.49. The number of pyridine rings is 1. The number of hydrogen-bond acceptors (Lipinski definition) is 4. The number of rotatable bonds is 5. The van der Waals surface area contributed by atoms with Crippen molar-refractivity contribution in [2.24, 2.45) is 0 Å². The first kappa shape index (κ1) is 17.2. The smallest absolute Gasteiger partial charge is 0.250 e. The van der Waals surface area contributed by atoms with Crippen molar-refractivity contribution in [2.75, 3.05) is 39.8 Å². The quantitative estimate of drug-likeness (QED) is 0.854. The zero-order valence-electron chi connectivity index (χ0n) is 14.5. The third kappa shape index (κ3) is 3.87. The summed E-state index contributed by atoms with van der Waals surface area (Å²) in [4.78, 5) is 29.0. The van der Waals surface area contributed by atoms with E-state index in [0.717, 1.165) is 39.0 Å². The molecule has 0 spiro atoms. The summed E-state index contributed by atoms with van der Waals surface area (Å²) in [6, 6.07) is 4.95. The lowest BCUT2D eigenvalue weighted by Crippen LogP contribution is -2.59. The molecule has 1 aromatic rings. The number of carbonyl (C=O) groups excluding carboxylic acids is 1. The highest BCUT2D eigenvalue weighted by Gasteiger charge is 2.40. The minimum Gasteiger partial charge on any atom is -0.353 e. The van der Waals surface area contributed by atoms with Crippen LogP contribution in [0.1, 0.15) is 25.7 Å². The van der Waals surface area contributed by atoms with Gasteiger partial charge < -0.3 is 14.8 Å². The Bertz CT molecular complexity index is 613. The number of carbonyl (C=O) groups is 1. The summed E-state index contributed by atoms with van der Waals surface area (Å²) in [5.41, 5.74) is -0.0271. The first-order valence-corrected chi connectivity index (χ1v) is 8.95. The van der Waals surface area contributed by atoms with E-state index < -0.39 is 0 Å². The van der Waals surface area contributed by atoms with Gasteiger partial charge in [0.25, 0.3) is 5.56 Å². The van der Waals surface area contributed by atoms with E-state index in [1.807, 2.05) is 0 Å². The summed E-state index contributed by atoms with van der Waals surface area (Å²) in [5.74, 6) is -0.0799. The van der Waals surface area contributed by atoms with Crippen molar-refractivity contribution in [3.63, 3.8) is 0 Å². The van der Waals surface area contributed by atoms with Gasteiger partial charge in [0.05, 0.1) is 0 Å². The molecule has 1 N–H and O–H groups in total. The van der Waals surface area contributed by atoms with Crippen molar-refractivity contribution in [3.05, 3.63) is 34.7 Å². The van der Waals surface area contributed by atoms with Gasteiger partial charge in [-0.2, -0.15) is 0 Å². The zero-order valence-corrected chi connectivity index (χ0v) is 14.5. The number of nitrogens with one attached hydrogen (secondary N) is 1. The summed E-state index contributed by atoms with van der Waals surface area (Å²) < 4.78 is 1.45. The van der Waals surface area contributed by atoms with Crippen molar-refractivity contribution in [3.8, 4) is 0 Å². The van der Waals surface area contributed by atoms with Crippen molar-refractivity contribution in [1.82, 2.24) is 19.7 Å². The van der Waals surface area contributed by atoms with Crippen LogP contribution in [0.5, 0.6) is 0 Å². The average molecular weight is 332 g/mol. The third-order valence-corrected chi connectivity index (χ3v) is 5.54. The molecule has 0 aromatic carbocycles. The predicted molar refractivity (Wildman–Crippen MR) is 94.0 cm³/mol. The molecule has 1 amide bonds. The van der Waals surface area contributed by atoms with Crippen molar-refractivity contribution in [1.29, 1.82) is 0 Å². The molecule has 0 unspecified atom stereocenters. The zero-order chi connectivity index (χ0) is 17.0. The van der Waals surface area contributed by atoms with Crippen LogP contribution >= 0.6 is 0 Å². The van der Waals surface area contributed by atoms with Gasteiger partial charge in [0.15, 0.2) is 0 Å². The monoisotopic (exact) mass is 332 g/mol. The molecule has 1 aliphatic heterocycles. The van der Waals surface area contributed by atoms with E-state index >= 15 is 0 Å². The van der Waals surface area contributed by atoms with Crippen LogP contribution < -0.4 is 10.9 Å². The Morgan fingerprint density at radius 2 is 1.88 bits per heavy atom. The van der Waals surface area contributed by atoms with Crippen molar-refractivity contribution in [2.45, 2.75) is 37.8 Å². The summed E-state index contributed by atoms with van der Waals surface area (Å²) in [6.07, 6.45) is 6.44. The number of amides is 1. The van der Waals surface area contributed by atoms with Gasteiger partial charge in [0, 0.05) is 50.5 Å². The molecule has 24 heavy (non-hydrogen) atoms. The molecule has 0 bridgehead atoms. The number of nitrogens with zero attached hydrogens (tertiary/aromatic N) is 3. The minimum absolute atomic E-state index is 0.0799. The lowest BCUT2D eigenvalue weighted by Gasteiger charge is -2.45. The van der Waals surface area contributed by atoms with E-state index in [0.29, 0.717) is 6.54 Å². The van der Waals surface area contributed by atoms with E-state index in [4.69, 9.17) is 0 Å². The molecule has 0 atom stereocenters. The van der Waals surface area contributed by atoms with Gasteiger partial charge in [-0.15, -0.1) is 0 Å². The first-order chi connectivity index (χ1) is 11.6. The average Bonchev–Trinajstić information content (AvgIpc) is 3.06. The SMILES string of the molecule is CN1CCN(C2(CNC(=O)Cn3ccccc3=O)CCCC2)CC1. The second-order valence-electron chi connectivity index (χ2n) is 7.17. The van der Waals surface area contributed by atoms with Crippen LogP contribution in [-0.2, 0) is 11.3 Å². The molecule has 2 fully saturated rings. The van der Waals surface area contributed by atoms with E-state index in [1.165, 1.54) is 23.5 Å². The summed E-state index contributed by atoms with van der Waals surface area (Å²) in [7, 11) is 2.16. The van der Waals surface area contributed by atoms with Crippen molar-refractivity contribution < 1.29 is 4.79 Å².